The van der Waals surface area contributed by atoms with Crippen molar-refractivity contribution in [3.8, 4) is 0 Å². The average molecular weight is 218 g/mol. The summed E-state index contributed by atoms with van der Waals surface area (Å²) in [6.07, 6.45) is 5.00. The first kappa shape index (κ1) is 13.5. The minimum Gasteiger partial charge on any atom is -0.481 e. The standard InChI is InChI=1S/C10H18O3S/c1-2-3-4-5-6-9(11)7-14-8-10(12)13/h2-8H2,1H3,(H,12,13). The fourth-order valence-electron chi connectivity index (χ4n) is 1.07. The van der Waals surface area contributed by atoms with E-state index in [-0.39, 0.29) is 11.5 Å². The van der Waals surface area contributed by atoms with Crippen molar-refractivity contribution < 1.29 is 14.7 Å². The molecule has 1 N–H and O–H groups in total. The molecule has 0 radical (unpaired) electrons. The van der Waals surface area contributed by atoms with Crippen LogP contribution in [0.5, 0.6) is 0 Å². The van der Waals surface area contributed by atoms with Crippen molar-refractivity contribution in [2.45, 2.75) is 39.0 Å². The summed E-state index contributed by atoms with van der Waals surface area (Å²) in [4.78, 5) is 21.3. The lowest BCUT2D eigenvalue weighted by molar-refractivity contribution is -0.133. The van der Waals surface area contributed by atoms with E-state index in [1.807, 2.05) is 0 Å². The molecule has 0 rings (SSSR count). The lowest BCUT2D eigenvalue weighted by Gasteiger charge is -1.99. The van der Waals surface area contributed by atoms with Crippen LogP contribution in [0.2, 0.25) is 0 Å². The van der Waals surface area contributed by atoms with Gasteiger partial charge in [-0.2, -0.15) is 0 Å². The van der Waals surface area contributed by atoms with Gasteiger partial charge < -0.3 is 5.11 Å². The third-order valence-electron chi connectivity index (χ3n) is 1.80. The monoisotopic (exact) mass is 218 g/mol. The van der Waals surface area contributed by atoms with Crippen LogP contribution in [0.4, 0.5) is 0 Å². The zero-order chi connectivity index (χ0) is 10.8. The normalized spacial score (nSPS) is 10.1. The second kappa shape index (κ2) is 9.06. The van der Waals surface area contributed by atoms with Crippen LogP contribution in [0.15, 0.2) is 0 Å². The van der Waals surface area contributed by atoms with Crippen LogP contribution in [-0.4, -0.2) is 28.4 Å². The van der Waals surface area contributed by atoms with E-state index < -0.39 is 5.97 Å². The van der Waals surface area contributed by atoms with Gasteiger partial charge >= 0.3 is 5.97 Å². The van der Waals surface area contributed by atoms with Crippen molar-refractivity contribution in [3.63, 3.8) is 0 Å². The maximum absolute atomic E-state index is 11.2. The number of ketones is 1. The molecule has 0 aromatic rings. The van der Waals surface area contributed by atoms with E-state index >= 15 is 0 Å². The van der Waals surface area contributed by atoms with Gasteiger partial charge in [0.25, 0.3) is 0 Å². The lowest BCUT2D eigenvalue weighted by atomic mass is 10.1. The quantitative estimate of drug-likeness (QED) is 0.603. The van der Waals surface area contributed by atoms with E-state index in [1.165, 1.54) is 24.6 Å². The molecular weight excluding hydrogens is 200 g/mol. The third-order valence-corrected chi connectivity index (χ3v) is 2.77. The number of hydrogen-bond donors (Lipinski definition) is 1. The van der Waals surface area contributed by atoms with Crippen LogP contribution in [0.3, 0.4) is 0 Å². The Morgan fingerprint density at radius 2 is 1.86 bits per heavy atom. The SMILES string of the molecule is CCCCCCC(=O)CSCC(=O)O. The number of unbranched alkanes of at least 4 members (excludes halogenated alkanes) is 3. The average Bonchev–Trinajstić information content (AvgIpc) is 2.12. The van der Waals surface area contributed by atoms with Crippen LogP contribution < -0.4 is 0 Å². The molecule has 14 heavy (non-hydrogen) atoms. The van der Waals surface area contributed by atoms with Gasteiger partial charge in [-0.15, -0.1) is 11.8 Å². The molecule has 3 nitrogen and oxygen atoms in total. The molecule has 0 aliphatic heterocycles. The molecule has 0 aliphatic carbocycles. The molecule has 0 bridgehead atoms. The Morgan fingerprint density at radius 3 is 2.43 bits per heavy atom. The molecule has 4 heteroatoms. The molecular formula is C10H18O3S. The van der Waals surface area contributed by atoms with Crippen LogP contribution in [0.25, 0.3) is 0 Å². The summed E-state index contributed by atoms with van der Waals surface area (Å²) in [5.74, 6) is -0.305. The van der Waals surface area contributed by atoms with Crippen molar-refractivity contribution in [2.75, 3.05) is 11.5 Å². The minimum absolute atomic E-state index is 0.0285. The van der Waals surface area contributed by atoms with Crippen LogP contribution in [0.1, 0.15) is 39.0 Å². The smallest absolute Gasteiger partial charge is 0.313 e. The van der Waals surface area contributed by atoms with Crippen molar-refractivity contribution in [3.05, 3.63) is 0 Å². The third kappa shape index (κ3) is 9.58. The molecule has 0 aromatic heterocycles. The van der Waals surface area contributed by atoms with E-state index in [9.17, 15) is 9.59 Å². The highest BCUT2D eigenvalue weighted by Crippen LogP contribution is 2.06. The lowest BCUT2D eigenvalue weighted by Crippen LogP contribution is -2.05. The number of carboxylic acid groups (broad SMARTS) is 1. The molecule has 0 saturated carbocycles. The van der Waals surface area contributed by atoms with Gasteiger partial charge in [0.1, 0.15) is 5.78 Å². The fourth-order valence-corrected chi connectivity index (χ4v) is 1.72. The van der Waals surface area contributed by atoms with Gasteiger partial charge in [0.15, 0.2) is 0 Å². The van der Waals surface area contributed by atoms with Crippen molar-refractivity contribution >= 4 is 23.5 Å². The molecule has 0 atom stereocenters. The minimum atomic E-state index is -0.853. The van der Waals surface area contributed by atoms with Gasteiger partial charge in [0, 0.05) is 6.42 Å². The van der Waals surface area contributed by atoms with Gasteiger partial charge in [-0.3, -0.25) is 9.59 Å². The van der Waals surface area contributed by atoms with Crippen LogP contribution in [0, 0.1) is 0 Å². The number of carboxylic acids is 1. The predicted octanol–water partition coefficient (Wildman–Crippen LogP) is 2.34. The Labute approximate surface area is 89.3 Å². The second-order valence-electron chi connectivity index (χ2n) is 3.24. The van der Waals surface area contributed by atoms with Gasteiger partial charge in [-0.05, 0) is 6.42 Å². The highest BCUT2D eigenvalue weighted by Gasteiger charge is 2.03. The zero-order valence-electron chi connectivity index (χ0n) is 8.62. The maximum Gasteiger partial charge on any atom is 0.313 e. The van der Waals surface area contributed by atoms with Crippen molar-refractivity contribution in [1.82, 2.24) is 0 Å². The van der Waals surface area contributed by atoms with Gasteiger partial charge in [-0.1, -0.05) is 26.2 Å². The first-order valence-electron chi connectivity index (χ1n) is 4.98. The molecule has 0 fully saturated rings. The number of thioether (sulfide) groups is 1. The summed E-state index contributed by atoms with van der Waals surface area (Å²) in [5.41, 5.74) is 0. The summed E-state index contributed by atoms with van der Waals surface area (Å²) >= 11 is 1.18. The first-order chi connectivity index (χ1) is 6.66. The van der Waals surface area contributed by atoms with Gasteiger partial charge in [0.2, 0.25) is 0 Å². The van der Waals surface area contributed by atoms with Crippen molar-refractivity contribution in [2.24, 2.45) is 0 Å². The number of rotatable bonds is 9. The van der Waals surface area contributed by atoms with E-state index in [4.69, 9.17) is 5.11 Å². The number of carbonyl (C=O) groups excluding carboxylic acids is 1. The molecule has 0 unspecified atom stereocenters. The van der Waals surface area contributed by atoms with E-state index in [0.29, 0.717) is 12.2 Å². The fraction of sp³-hybridized carbons (Fsp3) is 0.800. The largest absolute Gasteiger partial charge is 0.481 e. The second-order valence-corrected chi connectivity index (χ2v) is 4.22. The number of carbonyl (C=O) groups is 2. The number of Topliss-reactive ketones (excluding diaryl/α,β-unsaturated/α-hetero) is 1. The molecule has 0 saturated heterocycles. The van der Waals surface area contributed by atoms with Crippen LogP contribution in [-0.2, 0) is 9.59 Å². The maximum atomic E-state index is 11.2. The molecule has 0 aliphatic rings. The summed E-state index contributed by atoms with van der Waals surface area (Å²) in [6, 6.07) is 0. The first-order valence-corrected chi connectivity index (χ1v) is 6.13. The van der Waals surface area contributed by atoms with E-state index in [0.717, 1.165) is 12.8 Å². The highest BCUT2D eigenvalue weighted by atomic mass is 32.2. The molecule has 0 heterocycles. The van der Waals surface area contributed by atoms with Crippen molar-refractivity contribution in [1.29, 1.82) is 0 Å². The molecule has 82 valence electrons. The van der Waals surface area contributed by atoms with Crippen LogP contribution >= 0.6 is 11.8 Å². The zero-order valence-corrected chi connectivity index (χ0v) is 9.44. The van der Waals surface area contributed by atoms with E-state index in [2.05, 4.69) is 6.92 Å². The Kier molecular flexibility index (Phi) is 8.73. The Hall–Kier alpha value is -0.510. The molecule has 0 amide bonds. The predicted molar refractivity (Wildman–Crippen MR) is 58.7 cm³/mol. The Bertz CT molecular complexity index is 180. The van der Waals surface area contributed by atoms with Gasteiger partial charge in [-0.25, -0.2) is 0 Å². The highest BCUT2D eigenvalue weighted by molar-refractivity contribution is 8.00. The Morgan fingerprint density at radius 1 is 1.14 bits per heavy atom. The van der Waals surface area contributed by atoms with Gasteiger partial charge in [0.05, 0.1) is 11.5 Å². The molecule has 0 spiro atoms. The topological polar surface area (TPSA) is 54.4 Å². The number of aliphatic carboxylic acids is 1. The Balaban J connectivity index is 3.24. The summed E-state index contributed by atoms with van der Waals surface area (Å²) in [5, 5.41) is 8.34. The number of hydrogen-bond acceptors (Lipinski definition) is 3. The van der Waals surface area contributed by atoms with E-state index in [1.54, 1.807) is 0 Å². The summed E-state index contributed by atoms with van der Waals surface area (Å²) in [6.45, 7) is 2.13. The summed E-state index contributed by atoms with van der Waals surface area (Å²) in [7, 11) is 0. The molecule has 0 aromatic carbocycles. The summed E-state index contributed by atoms with van der Waals surface area (Å²) < 4.78 is 0.